The summed E-state index contributed by atoms with van der Waals surface area (Å²) in [6.45, 7) is 0.558. The number of nitrogen functional groups attached to an aromatic ring is 1. The van der Waals surface area contributed by atoms with Crippen molar-refractivity contribution in [2.75, 3.05) is 12.8 Å². The number of rotatable bonds is 5. The number of hydrogen-bond donors (Lipinski definition) is 1. The first-order valence-corrected chi connectivity index (χ1v) is 7.47. The standard InChI is InChI=1S/C18H20N2O2.ClH/c1-22-17-8-3-2-5-14(17)12-20(16-9-10-16)18(21)13-6-4-7-15(19)11-13;/h2-8,11,16H,9-10,12,19H2,1H3;1H. The van der Waals surface area contributed by atoms with E-state index in [0.717, 1.165) is 24.2 Å². The van der Waals surface area contributed by atoms with Gasteiger partial charge in [-0.25, -0.2) is 0 Å². The third-order valence-electron chi connectivity index (χ3n) is 3.92. The number of carbonyl (C=O) groups is 1. The number of nitrogens with zero attached hydrogens (tertiary/aromatic N) is 1. The fourth-order valence-corrected chi connectivity index (χ4v) is 2.61. The molecular weight excluding hydrogens is 312 g/mol. The molecule has 2 N–H and O–H groups in total. The number of amides is 1. The number of benzene rings is 2. The molecule has 1 saturated carbocycles. The van der Waals surface area contributed by atoms with Crippen LogP contribution in [0, 0.1) is 0 Å². The molecule has 23 heavy (non-hydrogen) atoms. The van der Waals surface area contributed by atoms with Crippen molar-refractivity contribution in [3.63, 3.8) is 0 Å². The van der Waals surface area contributed by atoms with Gasteiger partial charge in [-0.1, -0.05) is 24.3 Å². The van der Waals surface area contributed by atoms with Gasteiger partial charge in [0.25, 0.3) is 5.91 Å². The van der Waals surface area contributed by atoms with Crippen molar-refractivity contribution in [3.8, 4) is 5.75 Å². The van der Waals surface area contributed by atoms with Crippen molar-refractivity contribution in [3.05, 3.63) is 59.7 Å². The lowest BCUT2D eigenvalue weighted by molar-refractivity contribution is 0.0729. The Morgan fingerprint density at radius 3 is 2.61 bits per heavy atom. The zero-order chi connectivity index (χ0) is 15.5. The minimum atomic E-state index is 0. The molecule has 0 heterocycles. The molecule has 0 radical (unpaired) electrons. The number of halogens is 1. The second-order valence-electron chi connectivity index (χ2n) is 5.60. The van der Waals surface area contributed by atoms with Gasteiger partial charge in [0, 0.05) is 29.4 Å². The largest absolute Gasteiger partial charge is 0.496 e. The van der Waals surface area contributed by atoms with Crippen LogP contribution in [0.4, 0.5) is 5.69 Å². The van der Waals surface area contributed by atoms with Crippen LogP contribution in [0.3, 0.4) is 0 Å². The Hall–Kier alpha value is -2.20. The van der Waals surface area contributed by atoms with Crippen molar-refractivity contribution in [2.45, 2.75) is 25.4 Å². The lowest BCUT2D eigenvalue weighted by atomic mass is 10.1. The number of nitrogens with two attached hydrogens (primary N) is 1. The van der Waals surface area contributed by atoms with E-state index in [1.54, 1.807) is 19.2 Å². The molecule has 5 heteroatoms. The monoisotopic (exact) mass is 332 g/mol. The van der Waals surface area contributed by atoms with Crippen molar-refractivity contribution in [1.29, 1.82) is 0 Å². The maximum Gasteiger partial charge on any atom is 0.254 e. The minimum Gasteiger partial charge on any atom is -0.496 e. The van der Waals surface area contributed by atoms with E-state index in [4.69, 9.17) is 10.5 Å². The molecule has 1 aliphatic rings. The van der Waals surface area contributed by atoms with Gasteiger partial charge in [0.2, 0.25) is 0 Å². The summed E-state index contributed by atoms with van der Waals surface area (Å²) in [7, 11) is 1.65. The first-order valence-electron chi connectivity index (χ1n) is 7.47. The van der Waals surface area contributed by atoms with E-state index in [-0.39, 0.29) is 18.3 Å². The molecule has 0 aliphatic heterocycles. The van der Waals surface area contributed by atoms with Crippen LogP contribution >= 0.6 is 12.4 Å². The van der Waals surface area contributed by atoms with Crippen LogP contribution < -0.4 is 10.5 Å². The van der Waals surface area contributed by atoms with Gasteiger partial charge < -0.3 is 15.4 Å². The average Bonchev–Trinajstić information content (AvgIpc) is 3.37. The van der Waals surface area contributed by atoms with Crippen LogP contribution in [0.25, 0.3) is 0 Å². The van der Waals surface area contributed by atoms with Gasteiger partial charge in [-0.05, 0) is 37.1 Å². The van der Waals surface area contributed by atoms with E-state index >= 15 is 0 Å². The molecule has 4 nitrogen and oxygen atoms in total. The summed E-state index contributed by atoms with van der Waals surface area (Å²) >= 11 is 0. The van der Waals surface area contributed by atoms with E-state index < -0.39 is 0 Å². The number of carbonyl (C=O) groups excluding carboxylic acids is 1. The van der Waals surface area contributed by atoms with Crippen LogP contribution in [0.5, 0.6) is 5.75 Å². The van der Waals surface area contributed by atoms with Crippen LogP contribution in [0.2, 0.25) is 0 Å². The summed E-state index contributed by atoms with van der Waals surface area (Å²) in [6, 6.07) is 15.3. The Labute approximate surface area is 142 Å². The van der Waals surface area contributed by atoms with E-state index in [1.165, 1.54) is 0 Å². The Kier molecular flexibility index (Phi) is 5.50. The van der Waals surface area contributed by atoms with Crippen LogP contribution in [0.1, 0.15) is 28.8 Å². The van der Waals surface area contributed by atoms with E-state index in [0.29, 0.717) is 23.8 Å². The second kappa shape index (κ2) is 7.38. The molecule has 0 bridgehead atoms. The molecule has 0 unspecified atom stereocenters. The predicted octanol–water partition coefficient (Wildman–Crippen LogP) is 3.50. The molecule has 2 aromatic carbocycles. The topological polar surface area (TPSA) is 55.6 Å². The molecule has 0 aromatic heterocycles. The van der Waals surface area contributed by atoms with E-state index in [9.17, 15) is 4.79 Å². The Morgan fingerprint density at radius 2 is 1.96 bits per heavy atom. The molecule has 0 spiro atoms. The molecule has 0 atom stereocenters. The molecule has 2 aromatic rings. The highest BCUT2D eigenvalue weighted by atomic mass is 35.5. The summed E-state index contributed by atoms with van der Waals surface area (Å²) in [4.78, 5) is 14.7. The van der Waals surface area contributed by atoms with Crippen molar-refractivity contribution >= 4 is 24.0 Å². The zero-order valence-electron chi connectivity index (χ0n) is 13.1. The Morgan fingerprint density at radius 1 is 1.22 bits per heavy atom. The predicted molar refractivity (Wildman–Crippen MR) is 94.0 cm³/mol. The van der Waals surface area contributed by atoms with Crippen molar-refractivity contribution < 1.29 is 9.53 Å². The van der Waals surface area contributed by atoms with Crippen LogP contribution in [-0.4, -0.2) is 24.0 Å². The van der Waals surface area contributed by atoms with Crippen LogP contribution in [-0.2, 0) is 6.54 Å². The first-order chi connectivity index (χ1) is 10.7. The molecule has 122 valence electrons. The Bertz CT molecular complexity index is 686. The number of ether oxygens (including phenoxy) is 1. The summed E-state index contributed by atoms with van der Waals surface area (Å²) in [5.74, 6) is 0.842. The van der Waals surface area contributed by atoms with Gasteiger partial charge in [0.15, 0.2) is 0 Å². The summed E-state index contributed by atoms with van der Waals surface area (Å²) in [5.41, 5.74) is 8.07. The van der Waals surface area contributed by atoms with Crippen molar-refractivity contribution in [2.24, 2.45) is 0 Å². The molecule has 1 aliphatic carbocycles. The highest BCUT2D eigenvalue weighted by Gasteiger charge is 2.33. The molecule has 0 saturated heterocycles. The summed E-state index contributed by atoms with van der Waals surface area (Å²) in [6.07, 6.45) is 2.12. The third kappa shape index (κ3) is 3.96. The minimum absolute atomic E-state index is 0. The fraction of sp³-hybridized carbons (Fsp3) is 0.278. The Balaban J connectivity index is 0.00000192. The number of para-hydroxylation sites is 1. The average molecular weight is 333 g/mol. The van der Waals surface area contributed by atoms with E-state index in [1.807, 2.05) is 41.3 Å². The molecular formula is C18H21ClN2O2. The third-order valence-corrected chi connectivity index (χ3v) is 3.92. The second-order valence-corrected chi connectivity index (χ2v) is 5.60. The quantitative estimate of drug-likeness (QED) is 0.852. The number of hydrogen-bond acceptors (Lipinski definition) is 3. The smallest absolute Gasteiger partial charge is 0.254 e. The van der Waals surface area contributed by atoms with Crippen molar-refractivity contribution in [1.82, 2.24) is 4.90 Å². The highest BCUT2D eigenvalue weighted by Crippen LogP contribution is 2.31. The van der Waals surface area contributed by atoms with Gasteiger partial charge in [-0.2, -0.15) is 0 Å². The number of anilines is 1. The van der Waals surface area contributed by atoms with Gasteiger partial charge in [-0.15, -0.1) is 12.4 Å². The first kappa shape index (κ1) is 17.2. The van der Waals surface area contributed by atoms with Crippen LogP contribution in [0.15, 0.2) is 48.5 Å². The molecule has 1 fully saturated rings. The maximum atomic E-state index is 12.8. The normalized spacial score (nSPS) is 13.1. The van der Waals surface area contributed by atoms with Gasteiger partial charge in [-0.3, -0.25) is 4.79 Å². The molecule has 3 rings (SSSR count). The van der Waals surface area contributed by atoms with Gasteiger partial charge >= 0.3 is 0 Å². The zero-order valence-corrected chi connectivity index (χ0v) is 13.9. The number of methoxy groups -OCH3 is 1. The van der Waals surface area contributed by atoms with Gasteiger partial charge in [0.1, 0.15) is 5.75 Å². The SMILES string of the molecule is COc1ccccc1CN(C(=O)c1cccc(N)c1)C1CC1.Cl. The molecule has 1 amide bonds. The fourth-order valence-electron chi connectivity index (χ4n) is 2.61. The highest BCUT2D eigenvalue weighted by molar-refractivity contribution is 5.95. The van der Waals surface area contributed by atoms with E-state index in [2.05, 4.69) is 0 Å². The lowest BCUT2D eigenvalue weighted by Crippen LogP contribution is -2.32. The van der Waals surface area contributed by atoms with Gasteiger partial charge in [0.05, 0.1) is 7.11 Å². The summed E-state index contributed by atoms with van der Waals surface area (Å²) in [5, 5.41) is 0. The lowest BCUT2D eigenvalue weighted by Gasteiger charge is -2.23. The maximum absolute atomic E-state index is 12.8. The summed E-state index contributed by atoms with van der Waals surface area (Å²) < 4.78 is 5.39.